The van der Waals surface area contributed by atoms with Crippen molar-refractivity contribution in [2.75, 3.05) is 0 Å². The molecular weight excluding hydrogens is 435 g/mol. The van der Waals surface area contributed by atoms with E-state index in [1.165, 1.54) is 36.4 Å². The molecule has 0 aliphatic carbocycles. The van der Waals surface area contributed by atoms with Crippen LogP contribution in [-0.2, 0) is 31.2 Å². The van der Waals surface area contributed by atoms with Crippen molar-refractivity contribution in [1.82, 2.24) is 0 Å². The van der Waals surface area contributed by atoms with Crippen molar-refractivity contribution in [3.05, 3.63) is 120 Å². The summed E-state index contributed by atoms with van der Waals surface area (Å²) in [7, 11) is -9.68. The fourth-order valence-electron chi connectivity index (χ4n) is 3.50. The van der Waals surface area contributed by atoms with Crippen LogP contribution >= 0.6 is 0 Å². The van der Waals surface area contributed by atoms with Gasteiger partial charge in [0.15, 0.2) is 0 Å². The summed E-state index contributed by atoms with van der Waals surface area (Å²) in [6, 6.07) is 23.8. The van der Waals surface area contributed by atoms with Crippen molar-refractivity contribution in [1.29, 1.82) is 0 Å². The summed E-state index contributed by atoms with van der Waals surface area (Å²) in [5, 5.41) is 0. The van der Waals surface area contributed by atoms with Gasteiger partial charge in [-0.1, -0.05) is 97.1 Å². The van der Waals surface area contributed by atoms with E-state index in [0.29, 0.717) is 11.1 Å². The van der Waals surface area contributed by atoms with E-state index in [4.69, 9.17) is 0 Å². The van der Waals surface area contributed by atoms with Gasteiger partial charge in [0, 0.05) is 0 Å². The summed E-state index contributed by atoms with van der Waals surface area (Å²) in [5.74, 6) is -3.11. The molecule has 0 saturated heterocycles. The monoisotopic (exact) mass is 458 g/mol. The third-order valence-electron chi connectivity index (χ3n) is 5.01. The molecule has 0 amide bonds. The minimum Gasteiger partial charge on any atom is -0.224 e. The van der Waals surface area contributed by atoms with Gasteiger partial charge in [0.1, 0.15) is 0 Å². The van der Waals surface area contributed by atoms with Gasteiger partial charge in [0.2, 0.25) is 19.7 Å². The van der Waals surface area contributed by atoms with Gasteiger partial charge in [0.05, 0.1) is 17.4 Å². The van der Waals surface area contributed by atoms with E-state index < -0.39 is 41.4 Å². The topological polar surface area (TPSA) is 68.3 Å². The molecule has 0 spiro atoms. The lowest BCUT2D eigenvalue weighted by Gasteiger charge is -2.31. The zero-order valence-corrected chi connectivity index (χ0v) is 18.4. The minimum atomic E-state index is -4.84. The maximum atomic E-state index is 16.8. The molecule has 1 atom stereocenters. The van der Waals surface area contributed by atoms with Crippen molar-refractivity contribution in [2.24, 2.45) is 0 Å². The van der Waals surface area contributed by atoms with Gasteiger partial charge in [-0.3, -0.25) is 0 Å². The standard InChI is InChI=1S/C24H23FO4S2/c1-2-23(22-16-10-5-11-17-22)24(25,30(26,27)18-20-12-6-3-7-13-20)31(28,29)19-21-14-8-4-9-15-21/h2-17,23H,1,18-19H2/t23-/m0/s1. The van der Waals surface area contributed by atoms with E-state index in [0.717, 1.165) is 6.08 Å². The van der Waals surface area contributed by atoms with Crippen LogP contribution in [0, 0.1) is 0 Å². The number of hydrogen-bond donors (Lipinski definition) is 0. The van der Waals surface area contributed by atoms with Crippen molar-refractivity contribution in [3.63, 3.8) is 0 Å². The summed E-state index contributed by atoms with van der Waals surface area (Å²) in [4.78, 5) is 0. The number of allylic oxidation sites excluding steroid dienone is 1. The smallest absolute Gasteiger partial charge is 0.224 e. The average molecular weight is 459 g/mol. The number of halogens is 1. The highest BCUT2D eigenvalue weighted by atomic mass is 32.3. The van der Waals surface area contributed by atoms with Crippen LogP contribution in [0.4, 0.5) is 4.39 Å². The molecule has 7 heteroatoms. The quantitative estimate of drug-likeness (QED) is 0.432. The first-order valence-corrected chi connectivity index (χ1v) is 12.9. The van der Waals surface area contributed by atoms with Gasteiger partial charge in [-0.2, -0.15) is 0 Å². The maximum absolute atomic E-state index is 16.8. The Morgan fingerprint density at radius 3 is 1.42 bits per heavy atom. The predicted octanol–water partition coefficient (Wildman–Crippen LogP) is 4.81. The second-order valence-corrected chi connectivity index (χ2v) is 11.7. The molecule has 3 aromatic rings. The second kappa shape index (κ2) is 9.16. The van der Waals surface area contributed by atoms with E-state index in [-0.39, 0.29) is 5.56 Å². The van der Waals surface area contributed by atoms with Crippen LogP contribution in [0.15, 0.2) is 104 Å². The summed E-state index contributed by atoms with van der Waals surface area (Å²) in [6.45, 7) is 3.58. The number of sulfone groups is 2. The predicted molar refractivity (Wildman–Crippen MR) is 121 cm³/mol. The maximum Gasteiger partial charge on any atom is 0.319 e. The van der Waals surface area contributed by atoms with Gasteiger partial charge in [-0.05, 0) is 16.7 Å². The highest BCUT2D eigenvalue weighted by Crippen LogP contribution is 2.44. The molecule has 3 rings (SSSR count). The van der Waals surface area contributed by atoms with Crippen LogP contribution in [0.25, 0.3) is 0 Å². The highest BCUT2D eigenvalue weighted by molar-refractivity contribution is 8.09. The number of hydrogen-bond acceptors (Lipinski definition) is 4. The first kappa shape index (κ1) is 22.9. The van der Waals surface area contributed by atoms with E-state index >= 15 is 4.39 Å². The van der Waals surface area contributed by atoms with Gasteiger partial charge >= 0.3 is 4.33 Å². The SMILES string of the molecule is C=C[C@@H](c1ccccc1)C(F)(S(=O)(=O)Cc1ccccc1)S(=O)(=O)Cc1ccccc1. The van der Waals surface area contributed by atoms with E-state index in [9.17, 15) is 16.8 Å². The molecule has 0 fully saturated rings. The lowest BCUT2D eigenvalue weighted by Crippen LogP contribution is -2.48. The largest absolute Gasteiger partial charge is 0.319 e. The van der Waals surface area contributed by atoms with Gasteiger partial charge in [0.25, 0.3) is 0 Å². The van der Waals surface area contributed by atoms with Crippen molar-refractivity contribution >= 4 is 19.7 Å². The molecule has 0 unspecified atom stereocenters. The third-order valence-corrected chi connectivity index (χ3v) is 10.2. The van der Waals surface area contributed by atoms with Gasteiger partial charge in [-0.25, -0.2) is 21.2 Å². The number of benzene rings is 3. The van der Waals surface area contributed by atoms with Gasteiger partial charge in [-0.15, -0.1) is 6.58 Å². The molecule has 162 valence electrons. The van der Waals surface area contributed by atoms with Crippen molar-refractivity contribution in [3.8, 4) is 0 Å². The molecule has 4 nitrogen and oxygen atoms in total. The molecule has 0 heterocycles. The van der Waals surface area contributed by atoms with E-state index in [1.54, 1.807) is 54.6 Å². The fourth-order valence-corrected chi connectivity index (χ4v) is 8.30. The first-order chi connectivity index (χ1) is 14.7. The first-order valence-electron chi connectivity index (χ1n) is 9.60. The Labute approximate surface area is 182 Å². The number of alkyl halides is 1. The number of rotatable bonds is 9. The fraction of sp³-hybridized carbons (Fsp3) is 0.167. The molecule has 0 aromatic heterocycles. The zero-order valence-electron chi connectivity index (χ0n) is 16.8. The molecule has 0 aliphatic heterocycles. The van der Waals surface area contributed by atoms with Crippen LogP contribution in [-0.4, -0.2) is 21.2 Å². The van der Waals surface area contributed by atoms with Crippen LogP contribution in [0.2, 0.25) is 0 Å². The van der Waals surface area contributed by atoms with Crippen LogP contribution < -0.4 is 0 Å². The average Bonchev–Trinajstić information content (AvgIpc) is 2.75. The molecular formula is C24H23FO4S2. The Morgan fingerprint density at radius 2 is 1.06 bits per heavy atom. The second-order valence-electron chi connectivity index (χ2n) is 7.20. The van der Waals surface area contributed by atoms with Crippen LogP contribution in [0.3, 0.4) is 0 Å². The van der Waals surface area contributed by atoms with Crippen LogP contribution in [0.5, 0.6) is 0 Å². The normalized spacial score (nSPS) is 13.5. The summed E-state index contributed by atoms with van der Waals surface area (Å²) < 4.78 is 66.9. The van der Waals surface area contributed by atoms with E-state index in [1.807, 2.05) is 0 Å². The minimum absolute atomic E-state index is 0.216. The lowest BCUT2D eigenvalue weighted by atomic mass is 10.0. The molecule has 0 aliphatic rings. The Morgan fingerprint density at radius 1 is 0.710 bits per heavy atom. The zero-order chi connectivity index (χ0) is 22.5. The lowest BCUT2D eigenvalue weighted by molar-refractivity contribution is 0.330. The molecule has 3 aromatic carbocycles. The molecule has 0 radical (unpaired) electrons. The Bertz CT molecular complexity index is 1150. The van der Waals surface area contributed by atoms with Crippen LogP contribution in [0.1, 0.15) is 22.6 Å². The van der Waals surface area contributed by atoms with Gasteiger partial charge < -0.3 is 0 Å². The van der Waals surface area contributed by atoms with E-state index in [2.05, 4.69) is 6.58 Å². The summed E-state index contributed by atoms with van der Waals surface area (Å²) in [5.41, 5.74) is 0.818. The third kappa shape index (κ3) is 4.62. The Balaban J connectivity index is 2.18. The molecule has 0 bridgehead atoms. The molecule has 31 heavy (non-hydrogen) atoms. The van der Waals surface area contributed by atoms with Crippen molar-refractivity contribution in [2.45, 2.75) is 21.8 Å². The Kier molecular flexibility index (Phi) is 6.77. The molecule has 0 saturated carbocycles. The summed E-state index contributed by atoms with van der Waals surface area (Å²) in [6.07, 6.45) is 1.06. The van der Waals surface area contributed by atoms with Crippen molar-refractivity contribution < 1.29 is 21.2 Å². The molecule has 0 N–H and O–H groups in total. The Hall–Kier alpha value is -2.77. The summed E-state index contributed by atoms with van der Waals surface area (Å²) >= 11 is 0. The highest BCUT2D eigenvalue weighted by Gasteiger charge is 2.60.